The first-order valence-electron chi connectivity index (χ1n) is 9.68. The van der Waals surface area contributed by atoms with Crippen LogP contribution >= 0.6 is 11.6 Å². The second-order valence-electron chi connectivity index (χ2n) is 6.56. The molecule has 32 heavy (non-hydrogen) atoms. The molecule has 0 atom stereocenters. The van der Waals surface area contributed by atoms with E-state index in [0.29, 0.717) is 28.8 Å². The lowest BCUT2D eigenvalue weighted by Gasteiger charge is -2.12. The molecule has 0 unspecified atom stereocenters. The number of rotatable bonds is 11. The molecule has 2 N–H and O–H groups in total. The Labute approximate surface area is 192 Å². The monoisotopic (exact) mass is 484 g/mol. The Morgan fingerprint density at radius 2 is 1.81 bits per heavy atom. The molecule has 0 fully saturated rings. The third-order valence-corrected chi connectivity index (χ3v) is 6.07. The number of nitrogens with one attached hydrogen (secondary N) is 2. The van der Waals surface area contributed by atoms with Gasteiger partial charge in [0.1, 0.15) is 11.5 Å². The van der Waals surface area contributed by atoms with E-state index in [4.69, 9.17) is 25.8 Å². The van der Waals surface area contributed by atoms with Crippen LogP contribution in [0.5, 0.6) is 11.5 Å². The van der Waals surface area contributed by atoms with Gasteiger partial charge >= 0.3 is 5.97 Å². The lowest BCUT2D eigenvalue weighted by Crippen LogP contribution is -2.28. The number of ether oxygens (including phenoxy) is 3. The number of hydrogen-bond donors (Lipinski definition) is 2. The number of sulfonamides is 1. The van der Waals surface area contributed by atoms with Gasteiger partial charge in [0.2, 0.25) is 10.0 Å². The van der Waals surface area contributed by atoms with Crippen LogP contribution in [0, 0.1) is 6.92 Å². The highest BCUT2D eigenvalue weighted by atomic mass is 35.5. The zero-order valence-corrected chi connectivity index (χ0v) is 19.5. The van der Waals surface area contributed by atoms with Crippen LogP contribution in [0.25, 0.3) is 0 Å². The van der Waals surface area contributed by atoms with Gasteiger partial charge in [-0.1, -0.05) is 11.6 Å². The fraction of sp³-hybridized carbons (Fsp3) is 0.333. The van der Waals surface area contributed by atoms with E-state index in [9.17, 15) is 18.0 Å². The normalized spacial score (nSPS) is 11.0. The Kier molecular flexibility index (Phi) is 9.30. The zero-order valence-electron chi connectivity index (χ0n) is 17.9. The second kappa shape index (κ2) is 11.7. The first-order valence-corrected chi connectivity index (χ1v) is 11.5. The average molecular weight is 485 g/mol. The molecule has 0 radical (unpaired) electrons. The summed E-state index contributed by atoms with van der Waals surface area (Å²) in [4.78, 5) is 24.0. The molecule has 2 aromatic rings. The van der Waals surface area contributed by atoms with Gasteiger partial charge < -0.3 is 19.5 Å². The molecule has 9 nitrogen and oxygen atoms in total. The number of carbonyl (C=O) groups is 2. The Hall–Kier alpha value is -2.82. The Bertz CT molecular complexity index is 1060. The summed E-state index contributed by atoms with van der Waals surface area (Å²) in [6.45, 7) is 3.35. The van der Waals surface area contributed by atoms with Crippen LogP contribution < -0.4 is 19.5 Å². The first-order chi connectivity index (χ1) is 15.2. The molecule has 2 rings (SSSR count). The van der Waals surface area contributed by atoms with Crippen molar-refractivity contribution in [2.75, 3.05) is 32.2 Å². The Balaban J connectivity index is 1.79. The van der Waals surface area contributed by atoms with Crippen molar-refractivity contribution < 1.29 is 32.2 Å². The molecule has 0 aliphatic rings. The van der Waals surface area contributed by atoms with Crippen LogP contribution in [-0.4, -0.2) is 47.2 Å². The SMILES string of the molecule is CCOc1ccc(S(=O)(=O)NCCC(=O)OCC(=O)Nc2cc(C)c(Cl)cc2OC)cc1. The van der Waals surface area contributed by atoms with Gasteiger partial charge in [-0.05, 0) is 49.7 Å². The molecule has 174 valence electrons. The predicted octanol–water partition coefficient (Wildman–Crippen LogP) is 2.91. The summed E-state index contributed by atoms with van der Waals surface area (Å²) >= 11 is 6.03. The number of benzene rings is 2. The lowest BCUT2D eigenvalue weighted by molar-refractivity contribution is -0.147. The van der Waals surface area contributed by atoms with Crippen molar-refractivity contribution in [1.82, 2.24) is 4.72 Å². The molecule has 2 aromatic carbocycles. The van der Waals surface area contributed by atoms with Crippen molar-refractivity contribution in [1.29, 1.82) is 0 Å². The van der Waals surface area contributed by atoms with E-state index < -0.39 is 28.5 Å². The van der Waals surface area contributed by atoms with Crippen molar-refractivity contribution >= 4 is 39.2 Å². The molecule has 1 amide bonds. The fourth-order valence-electron chi connectivity index (χ4n) is 2.59. The van der Waals surface area contributed by atoms with E-state index in [0.717, 1.165) is 5.56 Å². The maximum Gasteiger partial charge on any atom is 0.307 e. The zero-order chi connectivity index (χ0) is 23.7. The highest BCUT2D eigenvalue weighted by Crippen LogP contribution is 2.30. The topological polar surface area (TPSA) is 120 Å². The van der Waals surface area contributed by atoms with Gasteiger partial charge in [0, 0.05) is 17.6 Å². The third kappa shape index (κ3) is 7.40. The summed E-state index contributed by atoms with van der Waals surface area (Å²) in [6.07, 6.45) is -0.243. The molecule has 11 heteroatoms. The molecule has 0 aliphatic carbocycles. The molecule has 0 saturated heterocycles. The van der Waals surface area contributed by atoms with Crippen molar-refractivity contribution in [3.63, 3.8) is 0 Å². The molecule has 0 spiro atoms. The van der Waals surface area contributed by atoms with Crippen molar-refractivity contribution in [2.45, 2.75) is 25.2 Å². The maximum atomic E-state index is 12.3. The minimum absolute atomic E-state index is 0.0425. The van der Waals surface area contributed by atoms with Crippen LogP contribution in [0.3, 0.4) is 0 Å². The molecular weight excluding hydrogens is 460 g/mol. The standard InChI is InChI=1S/C21H25ClN2O7S/c1-4-30-15-5-7-16(8-6-15)32(27,28)23-10-9-21(26)31-13-20(25)24-18-11-14(2)17(22)12-19(18)29-3/h5-8,11-12,23H,4,9-10,13H2,1-3H3,(H,24,25). The highest BCUT2D eigenvalue weighted by Gasteiger charge is 2.16. The number of amides is 1. The maximum absolute atomic E-state index is 12.3. The van der Waals surface area contributed by atoms with E-state index in [2.05, 4.69) is 10.0 Å². The summed E-state index contributed by atoms with van der Waals surface area (Å²) < 4.78 is 42.2. The molecule has 0 bridgehead atoms. The number of aryl methyl sites for hydroxylation is 1. The number of halogens is 1. The summed E-state index contributed by atoms with van der Waals surface area (Å²) in [6, 6.07) is 9.10. The van der Waals surface area contributed by atoms with Crippen LogP contribution in [0.15, 0.2) is 41.3 Å². The third-order valence-electron chi connectivity index (χ3n) is 4.19. The summed E-state index contributed by atoms with van der Waals surface area (Å²) in [5.74, 6) is -0.384. The highest BCUT2D eigenvalue weighted by molar-refractivity contribution is 7.89. The van der Waals surface area contributed by atoms with Gasteiger partial charge in [-0.3, -0.25) is 9.59 Å². The van der Waals surface area contributed by atoms with Crippen LogP contribution in [0.1, 0.15) is 18.9 Å². The van der Waals surface area contributed by atoms with E-state index in [1.54, 1.807) is 31.2 Å². The van der Waals surface area contributed by atoms with Gasteiger partial charge in [0.15, 0.2) is 6.61 Å². The summed E-state index contributed by atoms with van der Waals surface area (Å²) in [5.41, 5.74) is 1.12. The second-order valence-corrected chi connectivity index (χ2v) is 8.74. The molecule has 0 saturated carbocycles. The number of anilines is 1. The summed E-state index contributed by atoms with van der Waals surface area (Å²) in [7, 11) is -2.36. The van der Waals surface area contributed by atoms with E-state index in [-0.39, 0.29) is 17.9 Å². The van der Waals surface area contributed by atoms with Crippen LogP contribution in [0.2, 0.25) is 5.02 Å². The van der Waals surface area contributed by atoms with Gasteiger partial charge in [-0.15, -0.1) is 0 Å². The van der Waals surface area contributed by atoms with Gasteiger partial charge in [-0.2, -0.15) is 0 Å². The quantitative estimate of drug-likeness (QED) is 0.470. The molecular formula is C21H25ClN2O7S. The molecule has 0 aromatic heterocycles. The van der Waals surface area contributed by atoms with Crippen LogP contribution in [0.4, 0.5) is 5.69 Å². The minimum atomic E-state index is -3.79. The number of methoxy groups -OCH3 is 1. The van der Waals surface area contributed by atoms with Crippen molar-refractivity contribution in [3.8, 4) is 11.5 Å². The smallest absolute Gasteiger partial charge is 0.307 e. The van der Waals surface area contributed by atoms with E-state index >= 15 is 0 Å². The Morgan fingerprint density at radius 3 is 2.44 bits per heavy atom. The predicted molar refractivity (Wildman–Crippen MR) is 120 cm³/mol. The minimum Gasteiger partial charge on any atom is -0.495 e. The number of hydrogen-bond acceptors (Lipinski definition) is 7. The van der Waals surface area contributed by atoms with Gasteiger partial charge in [0.05, 0.1) is 30.7 Å². The summed E-state index contributed by atoms with van der Waals surface area (Å²) in [5, 5.41) is 3.06. The van der Waals surface area contributed by atoms with Gasteiger partial charge in [0.25, 0.3) is 5.91 Å². The van der Waals surface area contributed by atoms with E-state index in [1.165, 1.54) is 19.2 Å². The first kappa shape index (κ1) is 25.4. The van der Waals surface area contributed by atoms with E-state index in [1.807, 2.05) is 6.92 Å². The average Bonchev–Trinajstić information content (AvgIpc) is 2.75. The van der Waals surface area contributed by atoms with Crippen LogP contribution in [-0.2, 0) is 24.3 Å². The fourth-order valence-corrected chi connectivity index (χ4v) is 3.77. The largest absolute Gasteiger partial charge is 0.495 e. The number of esters is 1. The van der Waals surface area contributed by atoms with Crippen molar-refractivity contribution in [3.05, 3.63) is 47.0 Å². The van der Waals surface area contributed by atoms with Crippen molar-refractivity contribution in [2.24, 2.45) is 0 Å². The van der Waals surface area contributed by atoms with Gasteiger partial charge in [-0.25, -0.2) is 13.1 Å². The molecule has 0 heterocycles. The number of carbonyl (C=O) groups excluding carboxylic acids is 2. The lowest BCUT2D eigenvalue weighted by atomic mass is 10.2. The Morgan fingerprint density at radius 1 is 1.12 bits per heavy atom. The molecule has 0 aliphatic heterocycles.